The zero-order valence-corrected chi connectivity index (χ0v) is 23.5. The molecule has 0 aliphatic heterocycles. The minimum absolute atomic E-state index is 0.0144. The van der Waals surface area contributed by atoms with Crippen molar-refractivity contribution in [1.82, 2.24) is 9.80 Å². The van der Waals surface area contributed by atoms with Crippen molar-refractivity contribution < 1.29 is 39.6 Å². The number of benzene rings is 1. The Bertz CT molecular complexity index is 1390. The number of hydrogen-bond donors (Lipinski definition) is 5. The fourth-order valence-electron chi connectivity index (χ4n) is 6.54. The van der Waals surface area contributed by atoms with Crippen LogP contribution in [0, 0.1) is 11.8 Å². The van der Waals surface area contributed by atoms with Crippen LogP contribution < -0.4 is 10.6 Å². The highest BCUT2D eigenvalue weighted by molar-refractivity contribution is 6.24. The molecule has 0 spiro atoms. The molecule has 12 heteroatoms. The van der Waals surface area contributed by atoms with Crippen LogP contribution in [0.15, 0.2) is 23.0 Å². The number of primary amides is 1. The molecule has 0 bridgehead atoms. The van der Waals surface area contributed by atoms with E-state index < -0.39 is 69.7 Å². The summed E-state index contributed by atoms with van der Waals surface area (Å²) in [6, 6.07) is 0.391. The summed E-state index contributed by atoms with van der Waals surface area (Å²) in [6.07, 6.45) is 0.120. The smallest absolute Gasteiger partial charge is 0.257 e. The molecule has 3 aliphatic carbocycles. The van der Waals surface area contributed by atoms with Crippen molar-refractivity contribution in [2.75, 3.05) is 46.2 Å². The maximum absolute atomic E-state index is 14.0. The first-order valence-electron chi connectivity index (χ1n) is 13.1. The van der Waals surface area contributed by atoms with E-state index in [-0.39, 0.29) is 29.5 Å². The summed E-state index contributed by atoms with van der Waals surface area (Å²) >= 11 is 0. The minimum atomic E-state index is -2.72. The van der Waals surface area contributed by atoms with Crippen molar-refractivity contribution >= 4 is 34.8 Å². The van der Waals surface area contributed by atoms with Crippen LogP contribution in [0.2, 0.25) is 0 Å². The maximum atomic E-state index is 14.0. The van der Waals surface area contributed by atoms with E-state index in [0.717, 1.165) is 0 Å². The first-order valence-corrected chi connectivity index (χ1v) is 13.1. The largest absolute Gasteiger partial charge is 0.508 e. The van der Waals surface area contributed by atoms with Gasteiger partial charge in [0.05, 0.1) is 17.2 Å². The molecule has 1 aromatic rings. The van der Waals surface area contributed by atoms with Crippen LogP contribution in [0.1, 0.15) is 41.8 Å². The Balaban J connectivity index is 2.00. The lowest BCUT2D eigenvalue weighted by Gasteiger charge is -2.50. The summed E-state index contributed by atoms with van der Waals surface area (Å²) in [6.45, 7) is 4.35. The number of anilines is 1. The summed E-state index contributed by atoms with van der Waals surface area (Å²) < 4.78 is 0. The molecule has 1 saturated carbocycles. The van der Waals surface area contributed by atoms with E-state index >= 15 is 0 Å². The molecule has 0 aromatic heterocycles. The molecule has 1 aromatic carbocycles. The number of nitrogens with zero attached hydrogens (tertiary/aromatic N) is 3. The van der Waals surface area contributed by atoms with Crippen molar-refractivity contribution in [3.05, 3.63) is 39.7 Å². The SMILES string of the molecule is CCN(CC)C(=O)c1cc(N(C)C)c2c(c1O)C(O)=C1C(=O)[C@]3(O)C(O)=C(C(N)=O)C(=O)[C@@H](N(C)C)[C@@H]3C[C@@H]1C2. The number of hydrogen-bond acceptors (Lipinski definition) is 10. The summed E-state index contributed by atoms with van der Waals surface area (Å²) in [4.78, 5) is 57.4. The summed E-state index contributed by atoms with van der Waals surface area (Å²) in [5, 5.41) is 45.6. The van der Waals surface area contributed by atoms with Gasteiger partial charge in [-0.1, -0.05) is 0 Å². The molecule has 2 amide bonds. The topological polar surface area (TPSA) is 185 Å². The predicted octanol–water partition coefficient (Wildman–Crippen LogP) is 0.512. The first kappa shape index (κ1) is 29.1. The van der Waals surface area contributed by atoms with Crippen LogP contribution in [0.3, 0.4) is 0 Å². The van der Waals surface area contributed by atoms with Crippen LogP contribution in [-0.2, 0) is 20.8 Å². The van der Waals surface area contributed by atoms with E-state index in [9.17, 15) is 39.6 Å². The second-order valence-electron chi connectivity index (χ2n) is 11.0. The number of phenolic OH excluding ortho intramolecular Hbond substituents is 1. The molecule has 0 radical (unpaired) electrons. The van der Waals surface area contributed by atoms with Crippen molar-refractivity contribution in [1.29, 1.82) is 0 Å². The van der Waals surface area contributed by atoms with Gasteiger partial charge in [-0.25, -0.2) is 0 Å². The summed E-state index contributed by atoms with van der Waals surface area (Å²) in [7, 11) is 6.58. The molecule has 0 heterocycles. The fourth-order valence-corrected chi connectivity index (χ4v) is 6.54. The van der Waals surface area contributed by atoms with E-state index in [0.29, 0.717) is 24.3 Å². The first-order chi connectivity index (χ1) is 18.6. The van der Waals surface area contributed by atoms with Crippen LogP contribution in [0.4, 0.5) is 5.69 Å². The Hall–Kier alpha value is -3.90. The molecule has 6 N–H and O–H groups in total. The van der Waals surface area contributed by atoms with Crippen LogP contribution in [0.25, 0.3) is 5.76 Å². The van der Waals surface area contributed by atoms with Gasteiger partial charge in [-0.2, -0.15) is 0 Å². The number of aliphatic hydroxyl groups is 3. The Labute approximate surface area is 232 Å². The van der Waals surface area contributed by atoms with Gasteiger partial charge in [0.1, 0.15) is 22.8 Å². The predicted molar refractivity (Wildman–Crippen MR) is 146 cm³/mol. The molecule has 40 heavy (non-hydrogen) atoms. The third-order valence-electron chi connectivity index (χ3n) is 8.46. The normalized spacial score (nSPS) is 25.9. The average Bonchev–Trinajstić information content (AvgIpc) is 2.86. The Kier molecular flexibility index (Phi) is 7.22. The molecule has 216 valence electrons. The third-order valence-corrected chi connectivity index (χ3v) is 8.46. The molecular formula is C28H36N4O8. The molecular weight excluding hydrogens is 520 g/mol. The number of Topliss-reactive ketones (excluding diaryl/α,β-unsaturated/α-hetero) is 2. The molecule has 4 rings (SSSR count). The number of fused-ring (bicyclic) bond motifs is 3. The zero-order chi connectivity index (χ0) is 30.0. The van der Waals surface area contributed by atoms with Crippen LogP contribution in [-0.4, -0.2) is 107 Å². The lowest BCUT2D eigenvalue weighted by molar-refractivity contribution is -0.153. The molecule has 3 aliphatic rings. The number of likely N-dealkylation sites (N-methyl/N-ethyl adjacent to an activating group) is 1. The molecule has 0 saturated heterocycles. The standard InChI is InChI=1S/C28H36N4O8/c1-7-32(8-2)27(39)14-11-16(30(3)4)13-9-12-10-15-20(31(5)6)23(35)19(26(29)38)25(37)28(15,40)24(36)17(12)22(34)18(13)21(14)33/h11-12,15,20,33-34,37,40H,7-10H2,1-6H3,(H2,29,38)/t12-,15-,20-,28-/m0/s1. The lowest BCUT2D eigenvalue weighted by Crippen LogP contribution is -2.65. The number of phenols is 1. The Morgan fingerprint density at radius 1 is 1.07 bits per heavy atom. The van der Waals surface area contributed by atoms with Crippen molar-refractivity contribution in [3.8, 4) is 5.75 Å². The number of aliphatic hydroxyl groups excluding tert-OH is 2. The van der Waals surface area contributed by atoms with E-state index in [4.69, 9.17) is 5.73 Å². The number of amides is 2. The second-order valence-corrected chi connectivity index (χ2v) is 11.0. The third kappa shape index (κ3) is 3.88. The Morgan fingerprint density at radius 3 is 2.17 bits per heavy atom. The number of aromatic hydroxyl groups is 1. The van der Waals surface area contributed by atoms with Crippen molar-refractivity contribution in [3.63, 3.8) is 0 Å². The van der Waals surface area contributed by atoms with Gasteiger partial charge < -0.3 is 36.0 Å². The highest BCUT2D eigenvalue weighted by atomic mass is 16.3. The van der Waals surface area contributed by atoms with Gasteiger partial charge >= 0.3 is 0 Å². The number of nitrogens with two attached hydrogens (primary N) is 1. The van der Waals surface area contributed by atoms with E-state index in [1.807, 2.05) is 0 Å². The quantitative estimate of drug-likeness (QED) is 0.309. The lowest BCUT2D eigenvalue weighted by atomic mass is 9.57. The monoisotopic (exact) mass is 556 g/mol. The molecule has 4 atom stereocenters. The number of rotatable bonds is 6. The van der Waals surface area contributed by atoms with E-state index in [1.54, 1.807) is 53.0 Å². The fraction of sp³-hybridized carbons (Fsp3) is 0.500. The minimum Gasteiger partial charge on any atom is -0.508 e. The van der Waals surface area contributed by atoms with Gasteiger partial charge in [-0.3, -0.25) is 24.1 Å². The Morgan fingerprint density at radius 2 is 1.68 bits per heavy atom. The van der Waals surface area contributed by atoms with E-state index in [2.05, 4.69) is 0 Å². The molecule has 1 fully saturated rings. The van der Waals surface area contributed by atoms with Crippen LogP contribution >= 0.6 is 0 Å². The average molecular weight is 557 g/mol. The maximum Gasteiger partial charge on any atom is 0.257 e. The van der Waals surface area contributed by atoms with Crippen molar-refractivity contribution in [2.45, 2.75) is 38.3 Å². The number of ketones is 2. The number of carbonyl (C=O) groups is 4. The number of carbonyl (C=O) groups excluding carboxylic acids is 4. The van der Waals surface area contributed by atoms with Crippen molar-refractivity contribution in [2.24, 2.45) is 17.6 Å². The van der Waals surface area contributed by atoms with Gasteiger partial charge in [-0.15, -0.1) is 0 Å². The van der Waals surface area contributed by atoms with Gasteiger partial charge in [-0.05, 0) is 58.3 Å². The van der Waals surface area contributed by atoms with Crippen LogP contribution in [0.5, 0.6) is 5.75 Å². The highest BCUT2D eigenvalue weighted by Crippen LogP contribution is 2.54. The summed E-state index contributed by atoms with van der Waals surface area (Å²) in [5.74, 6) is -7.82. The molecule has 12 nitrogen and oxygen atoms in total. The van der Waals surface area contributed by atoms with Gasteiger partial charge in [0.15, 0.2) is 11.4 Å². The summed E-state index contributed by atoms with van der Waals surface area (Å²) in [5.41, 5.74) is 2.37. The van der Waals surface area contributed by atoms with Gasteiger partial charge in [0.2, 0.25) is 5.78 Å². The second kappa shape index (κ2) is 9.93. The van der Waals surface area contributed by atoms with Gasteiger partial charge in [0, 0.05) is 44.4 Å². The molecule has 0 unspecified atom stereocenters. The van der Waals surface area contributed by atoms with E-state index in [1.165, 1.54) is 9.80 Å². The van der Waals surface area contributed by atoms with Gasteiger partial charge in [0.25, 0.3) is 11.8 Å². The zero-order valence-electron chi connectivity index (χ0n) is 23.5. The highest BCUT2D eigenvalue weighted by Gasteiger charge is 2.64.